The van der Waals surface area contributed by atoms with E-state index in [1.807, 2.05) is 26.1 Å². The van der Waals surface area contributed by atoms with Gasteiger partial charge in [0.15, 0.2) is 0 Å². The highest BCUT2D eigenvalue weighted by molar-refractivity contribution is 5.23. The molecule has 0 bridgehead atoms. The summed E-state index contributed by atoms with van der Waals surface area (Å²) in [6.45, 7) is 8.28. The lowest BCUT2D eigenvalue weighted by atomic mass is 10.1. The Hall–Kier alpha value is -2.74. The first-order chi connectivity index (χ1) is 12.7. The van der Waals surface area contributed by atoms with Gasteiger partial charge in [-0.1, -0.05) is 5.16 Å². The summed E-state index contributed by atoms with van der Waals surface area (Å²) in [7, 11) is 0. The Balaban J connectivity index is 1.50. The van der Waals surface area contributed by atoms with Gasteiger partial charge in [0, 0.05) is 62.8 Å². The molecular formula is C18H23N7O. The Labute approximate surface area is 152 Å². The second kappa shape index (κ2) is 7.25. The third-order valence-corrected chi connectivity index (χ3v) is 4.82. The fourth-order valence-electron chi connectivity index (χ4n) is 3.45. The van der Waals surface area contributed by atoms with Crippen LogP contribution in [0.1, 0.15) is 22.7 Å². The number of aromatic nitrogens is 5. The summed E-state index contributed by atoms with van der Waals surface area (Å²) in [6.07, 6.45) is 5.37. The van der Waals surface area contributed by atoms with Crippen LogP contribution in [0.15, 0.2) is 35.2 Å². The Morgan fingerprint density at radius 3 is 2.81 bits per heavy atom. The lowest BCUT2D eigenvalue weighted by Gasteiger charge is -2.24. The van der Waals surface area contributed by atoms with Crippen LogP contribution in [0.2, 0.25) is 0 Å². The van der Waals surface area contributed by atoms with Gasteiger partial charge in [0.05, 0.1) is 11.4 Å². The van der Waals surface area contributed by atoms with Gasteiger partial charge in [-0.05, 0) is 26.0 Å². The normalized spacial score (nSPS) is 17.7. The Bertz CT molecular complexity index is 838. The first-order valence-electron chi connectivity index (χ1n) is 8.84. The summed E-state index contributed by atoms with van der Waals surface area (Å²) < 4.78 is 7.43. The topological polar surface area (TPSA) is 84.9 Å². The molecule has 26 heavy (non-hydrogen) atoms. The summed E-state index contributed by atoms with van der Waals surface area (Å²) in [4.78, 5) is 10.9. The summed E-state index contributed by atoms with van der Waals surface area (Å²) in [5.74, 6) is 1.95. The molecule has 0 spiro atoms. The number of nitrogens with zero attached hydrogens (tertiary/aromatic N) is 6. The molecule has 0 fully saturated rings. The third kappa shape index (κ3) is 3.60. The molecule has 1 N–H and O–H groups in total. The van der Waals surface area contributed by atoms with E-state index in [0.29, 0.717) is 11.9 Å². The second-order valence-electron chi connectivity index (χ2n) is 6.80. The van der Waals surface area contributed by atoms with E-state index >= 15 is 0 Å². The maximum atomic E-state index is 5.33. The highest BCUT2D eigenvalue weighted by Crippen LogP contribution is 2.21. The molecule has 0 aliphatic carbocycles. The quantitative estimate of drug-likeness (QED) is 0.751. The number of fused-ring (bicyclic) bond motifs is 1. The minimum absolute atomic E-state index is 0.389. The van der Waals surface area contributed by atoms with Crippen molar-refractivity contribution in [2.75, 3.05) is 18.4 Å². The SMILES string of the molecule is Cc1noc(C)c1CN1Cc2ccnn2C[C@H](CNc2ncccn2)C1. The summed E-state index contributed by atoms with van der Waals surface area (Å²) >= 11 is 0. The lowest BCUT2D eigenvalue weighted by molar-refractivity contribution is 0.224. The molecule has 4 heterocycles. The van der Waals surface area contributed by atoms with E-state index in [1.54, 1.807) is 12.4 Å². The Kier molecular flexibility index (Phi) is 4.66. The second-order valence-corrected chi connectivity index (χ2v) is 6.80. The van der Waals surface area contributed by atoms with E-state index in [-0.39, 0.29) is 0 Å². The number of aryl methyl sites for hydroxylation is 2. The Morgan fingerprint density at radius 1 is 1.19 bits per heavy atom. The first-order valence-corrected chi connectivity index (χ1v) is 8.84. The van der Waals surface area contributed by atoms with Gasteiger partial charge in [0.25, 0.3) is 0 Å². The molecule has 136 valence electrons. The maximum Gasteiger partial charge on any atom is 0.222 e. The van der Waals surface area contributed by atoms with Crippen LogP contribution < -0.4 is 5.32 Å². The number of nitrogens with one attached hydrogen (secondary N) is 1. The number of hydrogen-bond acceptors (Lipinski definition) is 7. The molecule has 0 radical (unpaired) electrons. The van der Waals surface area contributed by atoms with Crippen LogP contribution in [0.4, 0.5) is 5.95 Å². The van der Waals surface area contributed by atoms with Crippen molar-refractivity contribution >= 4 is 5.95 Å². The van der Waals surface area contributed by atoms with Crippen LogP contribution in [-0.2, 0) is 19.6 Å². The van der Waals surface area contributed by atoms with Crippen molar-refractivity contribution < 1.29 is 4.52 Å². The molecule has 0 saturated heterocycles. The molecule has 0 aromatic carbocycles. The summed E-state index contributed by atoms with van der Waals surface area (Å²) in [5, 5.41) is 11.9. The average Bonchev–Trinajstić information content (AvgIpc) is 3.16. The zero-order valence-electron chi connectivity index (χ0n) is 15.1. The molecule has 8 nitrogen and oxygen atoms in total. The van der Waals surface area contributed by atoms with E-state index in [9.17, 15) is 0 Å². The fraction of sp³-hybridized carbons (Fsp3) is 0.444. The van der Waals surface area contributed by atoms with E-state index in [1.165, 1.54) is 11.3 Å². The standard InChI is InChI=1S/C18H23N7O/c1-13-17(14(2)26-23-13)12-24-9-15(8-21-18-19-5-3-6-20-18)10-25-16(11-24)4-7-22-25/h3-7,15H,8-12H2,1-2H3,(H,19,20,21)/t15-/m1/s1. The van der Waals surface area contributed by atoms with Gasteiger partial charge < -0.3 is 9.84 Å². The molecule has 0 amide bonds. The maximum absolute atomic E-state index is 5.33. The van der Waals surface area contributed by atoms with Crippen LogP contribution in [-0.4, -0.2) is 42.9 Å². The molecule has 1 aliphatic heterocycles. The third-order valence-electron chi connectivity index (χ3n) is 4.82. The van der Waals surface area contributed by atoms with Crippen molar-refractivity contribution in [3.63, 3.8) is 0 Å². The van der Waals surface area contributed by atoms with Crippen LogP contribution in [0.5, 0.6) is 0 Å². The van der Waals surface area contributed by atoms with Crippen LogP contribution in [0.25, 0.3) is 0 Å². The predicted molar refractivity (Wildman–Crippen MR) is 96.3 cm³/mol. The van der Waals surface area contributed by atoms with Gasteiger partial charge in [-0.25, -0.2) is 9.97 Å². The molecule has 3 aromatic rings. The smallest absolute Gasteiger partial charge is 0.222 e. The fourth-order valence-corrected chi connectivity index (χ4v) is 3.45. The van der Waals surface area contributed by atoms with Crippen LogP contribution >= 0.6 is 0 Å². The van der Waals surface area contributed by atoms with E-state index < -0.39 is 0 Å². The first kappa shape index (κ1) is 16.7. The molecule has 0 saturated carbocycles. The largest absolute Gasteiger partial charge is 0.361 e. The Morgan fingerprint density at radius 2 is 2.04 bits per heavy atom. The van der Waals surface area contributed by atoms with Crippen molar-refractivity contribution in [3.8, 4) is 0 Å². The molecule has 8 heteroatoms. The van der Waals surface area contributed by atoms with Gasteiger partial charge in [-0.15, -0.1) is 0 Å². The zero-order chi connectivity index (χ0) is 17.9. The number of rotatable bonds is 5. The molecule has 1 aliphatic rings. The molecule has 4 rings (SSSR count). The molecular weight excluding hydrogens is 330 g/mol. The summed E-state index contributed by atoms with van der Waals surface area (Å²) in [5.41, 5.74) is 3.37. The molecule has 1 atom stereocenters. The minimum Gasteiger partial charge on any atom is -0.361 e. The van der Waals surface area contributed by atoms with Crippen molar-refractivity contribution in [1.29, 1.82) is 0 Å². The lowest BCUT2D eigenvalue weighted by Crippen LogP contribution is -2.31. The van der Waals surface area contributed by atoms with Crippen LogP contribution in [0, 0.1) is 19.8 Å². The molecule has 3 aromatic heterocycles. The summed E-state index contributed by atoms with van der Waals surface area (Å²) in [6, 6.07) is 3.91. The van der Waals surface area contributed by atoms with Gasteiger partial charge >= 0.3 is 0 Å². The van der Waals surface area contributed by atoms with Crippen molar-refractivity contribution in [1.82, 2.24) is 29.8 Å². The highest BCUT2D eigenvalue weighted by atomic mass is 16.5. The van der Waals surface area contributed by atoms with Crippen molar-refractivity contribution in [3.05, 3.63) is 53.4 Å². The van der Waals surface area contributed by atoms with E-state index in [0.717, 1.165) is 44.2 Å². The van der Waals surface area contributed by atoms with Crippen molar-refractivity contribution in [2.45, 2.75) is 33.5 Å². The molecule has 0 unspecified atom stereocenters. The number of anilines is 1. The predicted octanol–water partition coefficient (Wildman–Crippen LogP) is 2.02. The van der Waals surface area contributed by atoms with Gasteiger partial charge in [-0.2, -0.15) is 5.10 Å². The zero-order valence-corrected chi connectivity index (χ0v) is 15.1. The van der Waals surface area contributed by atoms with E-state index in [4.69, 9.17) is 4.52 Å². The monoisotopic (exact) mass is 353 g/mol. The van der Waals surface area contributed by atoms with E-state index in [2.05, 4.69) is 41.2 Å². The van der Waals surface area contributed by atoms with Crippen molar-refractivity contribution in [2.24, 2.45) is 5.92 Å². The van der Waals surface area contributed by atoms with Crippen LogP contribution in [0.3, 0.4) is 0 Å². The van der Waals surface area contributed by atoms with Gasteiger partial charge in [0.1, 0.15) is 5.76 Å². The van der Waals surface area contributed by atoms with Gasteiger partial charge in [-0.3, -0.25) is 9.58 Å². The average molecular weight is 353 g/mol. The number of hydrogen-bond donors (Lipinski definition) is 1. The minimum atomic E-state index is 0.389. The van der Waals surface area contributed by atoms with Gasteiger partial charge in [0.2, 0.25) is 5.95 Å². The highest BCUT2D eigenvalue weighted by Gasteiger charge is 2.24.